The van der Waals surface area contributed by atoms with Gasteiger partial charge in [0, 0.05) is 6.20 Å². The number of aromatic nitrogens is 2. The zero-order chi connectivity index (χ0) is 14.2. The molecule has 4 atom stereocenters. The molecule has 0 unspecified atom stereocenters. The van der Waals surface area contributed by atoms with Gasteiger partial charge in [-0.1, -0.05) is 0 Å². The first kappa shape index (κ1) is 13.4. The maximum atomic E-state index is 11.7. The largest absolute Gasteiger partial charge is 0.394 e. The van der Waals surface area contributed by atoms with Gasteiger partial charge in [0.25, 0.3) is 0 Å². The van der Waals surface area contributed by atoms with Gasteiger partial charge in [-0.15, -0.1) is 0 Å². The van der Waals surface area contributed by atoms with E-state index in [0.717, 1.165) is 10.8 Å². The monoisotopic (exact) mass is 268 g/mol. The molecule has 1 saturated heterocycles. The van der Waals surface area contributed by atoms with E-state index in [1.165, 1.54) is 0 Å². The molecule has 1 aliphatic rings. The Labute approximate surface area is 107 Å². The van der Waals surface area contributed by atoms with Crippen LogP contribution in [0.15, 0.2) is 11.0 Å². The van der Waals surface area contributed by atoms with Crippen molar-refractivity contribution in [3.63, 3.8) is 0 Å². The van der Waals surface area contributed by atoms with Crippen LogP contribution in [0, 0.1) is 11.3 Å². The van der Waals surface area contributed by atoms with Gasteiger partial charge in [-0.2, -0.15) is 10.2 Å². The molecule has 0 radical (unpaired) electrons. The Bertz CT molecular complexity index is 580. The highest BCUT2D eigenvalue weighted by Gasteiger charge is 2.43. The predicted octanol–water partition coefficient (Wildman–Crippen LogP) is -2.69. The van der Waals surface area contributed by atoms with Crippen molar-refractivity contribution >= 4 is 5.82 Å². The topological polar surface area (TPSA) is 155 Å². The van der Waals surface area contributed by atoms with Gasteiger partial charge in [-0.05, 0) is 0 Å². The Hall–Kier alpha value is -1.99. The van der Waals surface area contributed by atoms with E-state index in [4.69, 9.17) is 20.8 Å². The number of ether oxygens (including phenoxy) is 1. The van der Waals surface area contributed by atoms with E-state index in [1.54, 1.807) is 6.07 Å². The van der Waals surface area contributed by atoms with Gasteiger partial charge in [0.2, 0.25) is 0 Å². The molecular weight excluding hydrogens is 256 g/mol. The van der Waals surface area contributed by atoms with Crippen molar-refractivity contribution in [1.29, 1.82) is 5.26 Å². The number of nitrogens with zero attached hydrogens (tertiary/aromatic N) is 3. The average molecular weight is 268 g/mol. The molecule has 5 N–H and O–H groups in total. The lowest BCUT2D eigenvalue weighted by Crippen LogP contribution is -2.36. The molecule has 0 aromatic carbocycles. The highest BCUT2D eigenvalue weighted by Crippen LogP contribution is 2.28. The zero-order valence-electron chi connectivity index (χ0n) is 9.67. The summed E-state index contributed by atoms with van der Waals surface area (Å²) in [4.78, 5) is 15.1. The number of hydrogen-bond acceptors (Lipinski definition) is 8. The summed E-state index contributed by atoms with van der Waals surface area (Å²) < 4.78 is 6.02. The summed E-state index contributed by atoms with van der Waals surface area (Å²) >= 11 is 0. The quantitative estimate of drug-likeness (QED) is 0.452. The van der Waals surface area contributed by atoms with Crippen LogP contribution in [-0.2, 0) is 4.74 Å². The van der Waals surface area contributed by atoms with Gasteiger partial charge in [-0.25, -0.2) is 4.79 Å². The summed E-state index contributed by atoms with van der Waals surface area (Å²) in [5.41, 5.74) is 4.49. The smallest absolute Gasteiger partial charge is 0.351 e. The van der Waals surface area contributed by atoms with Crippen molar-refractivity contribution in [2.45, 2.75) is 24.5 Å². The number of aliphatic hydroxyl groups is 3. The Balaban J connectivity index is 2.44. The molecule has 0 amide bonds. The minimum Gasteiger partial charge on any atom is -0.394 e. The van der Waals surface area contributed by atoms with Crippen LogP contribution < -0.4 is 11.4 Å². The molecule has 1 aromatic heterocycles. The second-order valence-electron chi connectivity index (χ2n) is 4.07. The van der Waals surface area contributed by atoms with Gasteiger partial charge < -0.3 is 25.8 Å². The van der Waals surface area contributed by atoms with Crippen LogP contribution in [0.3, 0.4) is 0 Å². The standard InChI is InChI=1S/C10H12N4O5/c11-1-4-2-14(10(18)13-8(4)12)9-7(17)6(16)5(3-15)19-9/h2,5-7,9,15-17H,3H2,(H2,12,13,18)/t5-,6+,7+,9+/m0/s1. The molecule has 9 nitrogen and oxygen atoms in total. The number of nitrogens with two attached hydrogens (primary N) is 1. The van der Waals surface area contributed by atoms with Crippen LogP contribution in [-0.4, -0.2) is 49.8 Å². The number of hydrogen-bond donors (Lipinski definition) is 4. The third kappa shape index (κ3) is 2.18. The van der Waals surface area contributed by atoms with Crippen molar-refractivity contribution in [3.8, 4) is 6.07 Å². The van der Waals surface area contributed by atoms with Crippen molar-refractivity contribution in [1.82, 2.24) is 9.55 Å². The molecule has 0 saturated carbocycles. The van der Waals surface area contributed by atoms with Crippen LogP contribution in [0.25, 0.3) is 0 Å². The van der Waals surface area contributed by atoms with Crippen LogP contribution >= 0.6 is 0 Å². The first-order valence-corrected chi connectivity index (χ1v) is 5.40. The fraction of sp³-hybridized carbons (Fsp3) is 0.500. The van der Waals surface area contributed by atoms with Crippen LogP contribution in [0.1, 0.15) is 11.8 Å². The van der Waals surface area contributed by atoms with E-state index in [1.807, 2.05) is 0 Å². The SMILES string of the molecule is N#Cc1cn([C@@H]2O[C@@H](CO)[C@@H](O)[C@H]2O)c(=O)nc1N. The number of anilines is 1. The predicted molar refractivity (Wildman–Crippen MR) is 60.6 cm³/mol. The minimum atomic E-state index is -1.42. The molecule has 0 bridgehead atoms. The summed E-state index contributed by atoms with van der Waals surface area (Å²) in [6, 6.07) is 1.74. The summed E-state index contributed by atoms with van der Waals surface area (Å²) in [7, 11) is 0. The van der Waals surface area contributed by atoms with Crippen LogP contribution in [0.2, 0.25) is 0 Å². The molecule has 19 heavy (non-hydrogen) atoms. The summed E-state index contributed by atoms with van der Waals surface area (Å²) in [6.45, 7) is -0.517. The fourth-order valence-electron chi connectivity index (χ4n) is 1.86. The van der Waals surface area contributed by atoms with Gasteiger partial charge in [-0.3, -0.25) is 4.57 Å². The third-order valence-corrected chi connectivity index (χ3v) is 2.89. The van der Waals surface area contributed by atoms with Gasteiger partial charge >= 0.3 is 5.69 Å². The minimum absolute atomic E-state index is 0.0580. The zero-order valence-corrected chi connectivity index (χ0v) is 9.67. The lowest BCUT2D eigenvalue weighted by molar-refractivity contribution is -0.0549. The molecule has 2 rings (SSSR count). The average Bonchev–Trinajstić information content (AvgIpc) is 2.67. The molecule has 1 fully saturated rings. The van der Waals surface area contributed by atoms with Crippen molar-refractivity contribution in [2.75, 3.05) is 12.3 Å². The fourth-order valence-corrected chi connectivity index (χ4v) is 1.86. The van der Waals surface area contributed by atoms with Crippen LogP contribution in [0.4, 0.5) is 5.82 Å². The molecule has 1 aromatic rings. The summed E-state index contributed by atoms with van der Waals surface area (Å²) in [5.74, 6) is -0.226. The maximum absolute atomic E-state index is 11.7. The number of nitrogen functional groups attached to an aromatic ring is 1. The van der Waals surface area contributed by atoms with Crippen molar-refractivity contribution in [3.05, 3.63) is 22.2 Å². The molecule has 2 heterocycles. The Morgan fingerprint density at radius 3 is 2.74 bits per heavy atom. The molecular formula is C10H12N4O5. The first-order valence-electron chi connectivity index (χ1n) is 5.40. The molecule has 1 aliphatic heterocycles. The first-order chi connectivity index (χ1) is 8.99. The third-order valence-electron chi connectivity index (χ3n) is 2.89. The maximum Gasteiger partial charge on any atom is 0.351 e. The lowest BCUT2D eigenvalue weighted by Gasteiger charge is -2.17. The van der Waals surface area contributed by atoms with Crippen LogP contribution in [0.5, 0.6) is 0 Å². The van der Waals surface area contributed by atoms with E-state index in [-0.39, 0.29) is 11.4 Å². The van der Waals surface area contributed by atoms with Crippen molar-refractivity contribution < 1.29 is 20.1 Å². The summed E-state index contributed by atoms with van der Waals surface area (Å²) in [6.07, 6.45) is -3.93. The molecule has 9 heteroatoms. The lowest BCUT2D eigenvalue weighted by atomic mass is 10.1. The van der Waals surface area contributed by atoms with E-state index in [2.05, 4.69) is 4.98 Å². The Morgan fingerprint density at radius 2 is 2.21 bits per heavy atom. The van der Waals surface area contributed by atoms with Gasteiger partial charge in [0.15, 0.2) is 6.23 Å². The highest BCUT2D eigenvalue weighted by atomic mass is 16.6. The second kappa shape index (κ2) is 4.94. The van der Waals surface area contributed by atoms with E-state index in [9.17, 15) is 15.0 Å². The Morgan fingerprint density at radius 1 is 1.53 bits per heavy atom. The van der Waals surface area contributed by atoms with E-state index in [0.29, 0.717) is 0 Å². The van der Waals surface area contributed by atoms with E-state index < -0.39 is 36.8 Å². The number of nitriles is 1. The number of aliphatic hydroxyl groups excluding tert-OH is 3. The molecule has 0 spiro atoms. The second-order valence-corrected chi connectivity index (χ2v) is 4.07. The van der Waals surface area contributed by atoms with Crippen molar-refractivity contribution in [2.24, 2.45) is 0 Å². The normalized spacial score (nSPS) is 30.2. The van der Waals surface area contributed by atoms with Gasteiger partial charge in [0.1, 0.15) is 35.8 Å². The molecule has 0 aliphatic carbocycles. The van der Waals surface area contributed by atoms with E-state index >= 15 is 0 Å². The molecule has 102 valence electrons. The summed E-state index contributed by atoms with van der Waals surface area (Å²) in [5, 5.41) is 37.2. The number of rotatable bonds is 2. The highest BCUT2D eigenvalue weighted by molar-refractivity contribution is 5.45. The van der Waals surface area contributed by atoms with Gasteiger partial charge in [0.05, 0.1) is 6.61 Å². The Kier molecular flexibility index (Phi) is 3.50.